The summed E-state index contributed by atoms with van der Waals surface area (Å²) in [6.07, 6.45) is 6.56. The van der Waals surface area contributed by atoms with Gasteiger partial charge in [-0.3, -0.25) is 0 Å². The molecule has 0 aliphatic heterocycles. The maximum atomic E-state index is 11.3. The molecule has 0 heterocycles. The average molecular weight is 278 g/mol. The maximum absolute atomic E-state index is 11.3. The molecule has 3 rings (SSSR count). The van der Waals surface area contributed by atoms with Crippen LogP contribution in [0, 0.1) is 0 Å². The molecule has 2 nitrogen and oxygen atoms in total. The molecular formula is C19H18O2. The molecule has 1 N–H and O–H groups in total. The molecule has 0 fully saturated rings. The molecule has 1 atom stereocenters. The third-order valence-corrected chi connectivity index (χ3v) is 3.91. The fourth-order valence-electron chi connectivity index (χ4n) is 2.74. The van der Waals surface area contributed by atoms with Crippen LogP contribution in [0.15, 0.2) is 72.8 Å². The van der Waals surface area contributed by atoms with Gasteiger partial charge in [0, 0.05) is 6.42 Å². The maximum Gasteiger partial charge on any atom is 0.119 e. The Balaban J connectivity index is 2.05. The van der Waals surface area contributed by atoms with Crippen molar-refractivity contribution in [1.82, 2.24) is 0 Å². The van der Waals surface area contributed by atoms with E-state index in [1.165, 1.54) is 0 Å². The Morgan fingerprint density at radius 2 is 1.71 bits per heavy atom. The van der Waals surface area contributed by atoms with Crippen molar-refractivity contribution in [3.05, 3.63) is 84.0 Å². The van der Waals surface area contributed by atoms with Crippen LogP contribution < -0.4 is 4.74 Å². The molecule has 2 aromatic rings. The van der Waals surface area contributed by atoms with E-state index in [0.29, 0.717) is 6.42 Å². The largest absolute Gasteiger partial charge is 0.497 e. The van der Waals surface area contributed by atoms with Crippen LogP contribution in [0.2, 0.25) is 0 Å². The molecule has 0 aromatic heterocycles. The van der Waals surface area contributed by atoms with Gasteiger partial charge in [-0.15, -0.1) is 0 Å². The van der Waals surface area contributed by atoms with Crippen molar-refractivity contribution in [1.29, 1.82) is 0 Å². The number of benzene rings is 2. The molecule has 0 spiro atoms. The van der Waals surface area contributed by atoms with Crippen molar-refractivity contribution in [3.63, 3.8) is 0 Å². The summed E-state index contributed by atoms with van der Waals surface area (Å²) in [6, 6.07) is 17.6. The third kappa shape index (κ3) is 2.50. The number of aliphatic hydroxyl groups is 1. The smallest absolute Gasteiger partial charge is 0.119 e. The lowest BCUT2D eigenvalue weighted by Crippen LogP contribution is -2.28. The Hall–Kier alpha value is -2.32. The van der Waals surface area contributed by atoms with E-state index in [0.717, 1.165) is 22.4 Å². The summed E-state index contributed by atoms with van der Waals surface area (Å²) in [4.78, 5) is 0. The van der Waals surface area contributed by atoms with Crippen LogP contribution in [0.3, 0.4) is 0 Å². The number of allylic oxidation sites excluding steroid dienone is 2. The second-order valence-corrected chi connectivity index (χ2v) is 5.17. The zero-order valence-corrected chi connectivity index (χ0v) is 12.0. The first-order valence-electron chi connectivity index (χ1n) is 7.04. The molecule has 0 saturated carbocycles. The van der Waals surface area contributed by atoms with Crippen molar-refractivity contribution in [3.8, 4) is 5.75 Å². The van der Waals surface area contributed by atoms with Gasteiger partial charge in [-0.2, -0.15) is 0 Å². The van der Waals surface area contributed by atoms with Crippen LogP contribution in [0.25, 0.3) is 5.57 Å². The van der Waals surface area contributed by atoms with Crippen LogP contribution in [0.4, 0.5) is 0 Å². The topological polar surface area (TPSA) is 29.5 Å². The minimum Gasteiger partial charge on any atom is -0.497 e. The summed E-state index contributed by atoms with van der Waals surface area (Å²) in [6.45, 7) is 0. The van der Waals surface area contributed by atoms with Crippen LogP contribution in [0.5, 0.6) is 5.75 Å². The highest BCUT2D eigenvalue weighted by Crippen LogP contribution is 2.41. The highest BCUT2D eigenvalue weighted by Gasteiger charge is 2.34. The molecule has 0 amide bonds. The van der Waals surface area contributed by atoms with Gasteiger partial charge in [-0.1, -0.05) is 60.7 Å². The lowest BCUT2D eigenvalue weighted by Gasteiger charge is -2.33. The SMILES string of the molecule is COc1ccc(C2(O)CC=CC=C2c2ccccc2)cc1. The molecule has 2 aromatic carbocycles. The minimum absolute atomic E-state index is 0.570. The van der Waals surface area contributed by atoms with Crippen molar-refractivity contribution in [2.75, 3.05) is 7.11 Å². The minimum atomic E-state index is -0.998. The third-order valence-electron chi connectivity index (χ3n) is 3.91. The molecule has 21 heavy (non-hydrogen) atoms. The van der Waals surface area contributed by atoms with Gasteiger partial charge < -0.3 is 9.84 Å². The monoisotopic (exact) mass is 278 g/mol. The van der Waals surface area contributed by atoms with E-state index < -0.39 is 5.60 Å². The summed E-state index contributed by atoms with van der Waals surface area (Å²) in [5.41, 5.74) is 1.85. The summed E-state index contributed by atoms with van der Waals surface area (Å²) in [5, 5.41) is 11.3. The summed E-state index contributed by atoms with van der Waals surface area (Å²) in [5.74, 6) is 0.791. The Bertz CT molecular complexity index is 668. The summed E-state index contributed by atoms with van der Waals surface area (Å²) in [7, 11) is 1.64. The zero-order valence-electron chi connectivity index (χ0n) is 12.0. The standard InChI is InChI=1S/C19H18O2/c1-21-17-12-10-16(11-13-17)19(20)14-6-5-9-18(19)15-7-3-2-4-8-15/h2-13,20H,14H2,1H3. The van der Waals surface area contributed by atoms with Gasteiger partial charge in [0.25, 0.3) is 0 Å². The predicted octanol–water partition coefficient (Wildman–Crippen LogP) is 3.93. The average Bonchev–Trinajstić information content (AvgIpc) is 2.56. The second-order valence-electron chi connectivity index (χ2n) is 5.17. The van der Waals surface area contributed by atoms with Crippen LogP contribution in [-0.4, -0.2) is 12.2 Å². The number of hydrogen-bond donors (Lipinski definition) is 1. The van der Waals surface area contributed by atoms with Crippen molar-refractivity contribution in [2.24, 2.45) is 0 Å². The number of methoxy groups -OCH3 is 1. The molecule has 1 aliphatic rings. The number of rotatable bonds is 3. The normalized spacial score (nSPS) is 21.0. The Morgan fingerprint density at radius 3 is 2.38 bits per heavy atom. The van der Waals surface area contributed by atoms with E-state index in [2.05, 4.69) is 0 Å². The van der Waals surface area contributed by atoms with Crippen molar-refractivity contribution >= 4 is 5.57 Å². The van der Waals surface area contributed by atoms with Gasteiger partial charge in [0.1, 0.15) is 11.4 Å². The first-order chi connectivity index (χ1) is 10.2. The molecule has 1 unspecified atom stereocenters. The van der Waals surface area contributed by atoms with Crippen molar-refractivity contribution in [2.45, 2.75) is 12.0 Å². The zero-order chi connectivity index (χ0) is 14.7. The fraction of sp³-hybridized carbons (Fsp3) is 0.158. The van der Waals surface area contributed by atoms with Crippen molar-refractivity contribution < 1.29 is 9.84 Å². The Morgan fingerprint density at radius 1 is 1.00 bits per heavy atom. The lowest BCUT2D eigenvalue weighted by molar-refractivity contribution is 0.103. The van der Waals surface area contributed by atoms with Gasteiger partial charge >= 0.3 is 0 Å². The molecule has 106 valence electrons. The van der Waals surface area contributed by atoms with Gasteiger partial charge in [0.2, 0.25) is 0 Å². The van der Waals surface area contributed by atoms with E-state index in [1.54, 1.807) is 7.11 Å². The predicted molar refractivity (Wildman–Crippen MR) is 85.1 cm³/mol. The van der Waals surface area contributed by atoms with Crippen LogP contribution >= 0.6 is 0 Å². The molecule has 0 saturated heterocycles. The molecular weight excluding hydrogens is 260 g/mol. The molecule has 2 heteroatoms. The van der Waals surface area contributed by atoms with Crippen LogP contribution in [0.1, 0.15) is 17.5 Å². The van der Waals surface area contributed by atoms with Gasteiger partial charge in [-0.25, -0.2) is 0 Å². The first-order valence-corrected chi connectivity index (χ1v) is 7.04. The van der Waals surface area contributed by atoms with E-state index >= 15 is 0 Å². The Kier molecular flexibility index (Phi) is 3.63. The summed E-state index contributed by atoms with van der Waals surface area (Å²) < 4.78 is 5.19. The van der Waals surface area contributed by atoms with E-state index in [-0.39, 0.29) is 0 Å². The second kappa shape index (κ2) is 5.58. The van der Waals surface area contributed by atoms with E-state index in [9.17, 15) is 5.11 Å². The van der Waals surface area contributed by atoms with E-state index in [4.69, 9.17) is 4.74 Å². The highest BCUT2D eigenvalue weighted by molar-refractivity contribution is 5.76. The number of hydrogen-bond acceptors (Lipinski definition) is 2. The highest BCUT2D eigenvalue weighted by atomic mass is 16.5. The van der Waals surface area contributed by atoms with Crippen LogP contribution in [-0.2, 0) is 5.60 Å². The number of ether oxygens (including phenoxy) is 1. The molecule has 0 radical (unpaired) electrons. The summed E-state index contributed by atoms with van der Waals surface area (Å²) >= 11 is 0. The molecule has 1 aliphatic carbocycles. The van der Waals surface area contributed by atoms with Gasteiger partial charge in [0.05, 0.1) is 7.11 Å². The quantitative estimate of drug-likeness (QED) is 0.922. The lowest BCUT2D eigenvalue weighted by atomic mass is 9.77. The Labute approximate surface area is 125 Å². The fourth-order valence-corrected chi connectivity index (χ4v) is 2.74. The first kappa shape index (κ1) is 13.7. The van der Waals surface area contributed by atoms with Gasteiger partial charge in [-0.05, 0) is 28.8 Å². The van der Waals surface area contributed by atoms with Gasteiger partial charge in [0.15, 0.2) is 0 Å². The van der Waals surface area contributed by atoms with E-state index in [1.807, 2.05) is 72.8 Å². The molecule has 0 bridgehead atoms.